The van der Waals surface area contributed by atoms with Gasteiger partial charge in [-0.15, -0.1) is 0 Å². The van der Waals surface area contributed by atoms with Crippen LogP contribution in [0, 0.1) is 34.5 Å². The van der Waals surface area contributed by atoms with Crippen LogP contribution in [0.4, 0.5) is 0 Å². The van der Waals surface area contributed by atoms with Gasteiger partial charge in [0.25, 0.3) is 0 Å². The van der Waals surface area contributed by atoms with Crippen molar-refractivity contribution in [1.82, 2.24) is 0 Å². The first-order valence-corrected chi connectivity index (χ1v) is 15.1. The molecule has 36 heavy (non-hydrogen) atoms. The quantitative estimate of drug-likeness (QED) is 0.137. The third-order valence-corrected chi connectivity index (χ3v) is 8.38. The van der Waals surface area contributed by atoms with Crippen LogP contribution in [0.15, 0.2) is 12.2 Å². The highest BCUT2D eigenvalue weighted by Crippen LogP contribution is 2.39. The van der Waals surface area contributed by atoms with Gasteiger partial charge in [-0.2, -0.15) is 0 Å². The Bertz CT molecular complexity index is 611. The van der Waals surface area contributed by atoms with Gasteiger partial charge in [-0.1, -0.05) is 93.2 Å². The third kappa shape index (κ3) is 10.6. The summed E-state index contributed by atoms with van der Waals surface area (Å²) >= 11 is 0. The maximum Gasteiger partial charge on any atom is 0.310 e. The highest BCUT2D eigenvalue weighted by molar-refractivity contribution is 5.82. The topological polar surface area (TPSA) is 52.6 Å². The van der Waals surface area contributed by atoms with Crippen molar-refractivity contribution in [1.29, 1.82) is 0 Å². The number of carbonyl (C=O) groups is 2. The molecule has 1 aliphatic carbocycles. The third-order valence-electron chi connectivity index (χ3n) is 8.38. The fourth-order valence-electron chi connectivity index (χ4n) is 6.15. The van der Waals surface area contributed by atoms with E-state index in [1.807, 2.05) is 12.2 Å². The highest BCUT2D eigenvalue weighted by atomic mass is 16.5. The fraction of sp³-hybridized carbons (Fsp3) is 0.875. The number of ether oxygens (including phenoxy) is 2. The second kappa shape index (κ2) is 16.5. The van der Waals surface area contributed by atoms with Crippen LogP contribution in [-0.2, 0) is 19.1 Å². The Balaban J connectivity index is 2.90. The lowest BCUT2D eigenvalue weighted by Crippen LogP contribution is -2.38. The van der Waals surface area contributed by atoms with E-state index < -0.39 is 11.8 Å². The molecule has 4 atom stereocenters. The van der Waals surface area contributed by atoms with Gasteiger partial charge in [-0.3, -0.25) is 9.59 Å². The molecule has 0 saturated heterocycles. The Labute approximate surface area is 223 Å². The Morgan fingerprint density at radius 3 is 1.36 bits per heavy atom. The fourth-order valence-corrected chi connectivity index (χ4v) is 6.15. The van der Waals surface area contributed by atoms with Gasteiger partial charge in [0, 0.05) is 10.8 Å². The second-order valence-electron chi connectivity index (χ2n) is 12.5. The van der Waals surface area contributed by atoms with Gasteiger partial charge in [0.2, 0.25) is 0 Å². The number of hydrogen-bond donors (Lipinski definition) is 0. The van der Waals surface area contributed by atoms with Gasteiger partial charge < -0.3 is 9.47 Å². The summed E-state index contributed by atoms with van der Waals surface area (Å²) in [6.45, 7) is 18.7. The lowest BCUT2D eigenvalue weighted by molar-refractivity contribution is -0.165. The molecule has 4 nitrogen and oxygen atoms in total. The Morgan fingerprint density at radius 1 is 0.722 bits per heavy atom. The van der Waals surface area contributed by atoms with E-state index in [9.17, 15) is 9.59 Å². The number of rotatable bonds is 18. The summed E-state index contributed by atoms with van der Waals surface area (Å²) in [6.07, 6.45) is 16.0. The zero-order valence-electron chi connectivity index (χ0n) is 25.0. The zero-order chi connectivity index (χ0) is 27.2. The average Bonchev–Trinajstić information content (AvgIpc) is 2.86. The first-order chi connectivity index (χ1) is 17.1. The van der Waals surface area contributed by atoms with E-state index in [4.69, 9.17) is 9.47 Å². The molecule has 4 unspecified atom stereocenters. The van der Waals surface area contributed by atoms with Crippen LogP contribution < -0.4 is 0 Å². The van der Waals surface area contributed by atoms with Crippen LogP contribution in [0.5, 0.6) is 0 Å². The van der Waals surface area contributed by atoms with Crippen LogP contribution in [0.2, 0.25) is 0 Å². The van der Waals surface area contributed by atoms with Crippen molar-refractivity contribution in [3.8, 4) is 0 Å². The van der Waals surface area contributed by atoms with E-state index in [-0.39, 0.29) is 22.8 Å². The number of unbranched alkanes of at least 4 members (excludes halogenated alkanes) is 2. The van der Waals surface area contributed by atoms with Gasteiger partial charge in [-0.05, 0) is 63.2 Å². The standard InChI is InChI=1S/C32H58O4/c1-9-13-19-31(11-3,21-25(5)6)23-35-29(33)27-17-15-16-18-28(27)30(34)36-24-32(12-4,20-14-10-2)22-26(7)8/h15-16,25-28H,9-14,17-24H2,1-8H3. The minimum atomic E-state index is -0.445. The molecule has 0 fully saturated rings. The number of esters is 2. The first kappa shape index (κ1) is 32.7. The van der Waals surface area contributed by atoms with Crippen LogP contribution in [0.25, 0.3) is 0 Å². The van der Waals surface area contributed by atoms with Gasteiger partial charge in [0.05, 0.1) is 25.0 Å². The predicted octanol–water partition coefficient (Wildman–Crippen LogP) is 8.92. The molecule has 0 radical (unpaired) electrons. The number of carbonyl (C=O) groups excluding carboxylic acids is 2. The van der Waals surface area contributed by atoms with Gasteiger partial charge in [0.1, 0.15) is 0 Å². The molecule has 0 amide bonds. The van der Waals surface area contributed by atoms with Crippen LogP contribution in [-0.4, -0.2) is 25.2 Å². The summed E-state index contributed by atoms with van der Waals surface area (Å²) in [5.41, 5.74) is 0.0500. The van der Waals surface area contributed by atoms with Crippen molar-refractivity contribution in [3.63, 3.8) is 0 Å². The monoisotopic (exact) mass is 506 g/mol. The van der Waals surface area contributed by atoms with Crippen molar-refractivity contribution >= 4 is 11.9 Å². The molecule has 0 spiro atoms. The summed E-state index contributed by atoms with van der Waals surface area (Å²) in [7, 11) is 0. The maximum absolute atomic E-state index is 13.3. The number of allylic oxidation sites excluding steroid dienone is 2. The van der Waals surface area contributed by atoms with E-state index in [1.54, 1.807) is 0 Å². The van der Waals surface area contributed by atoms with Gasteiger partial charge in [0.15, 0.2) is 0 Å². The first-order valence-electron chi connectivity index (χ1n) is 15.1. The molecule has 4 heteroatoms. The Hall–Kier alpha value is -1.32. The van der Waals surface area contributed by atoms with E-state index in [2.05, 4.69) is 55.4 Å². The van der Waals surface area contributed by atoms with Crippen LogP contribution in [0.1, 0.15) is 132 Å². The van der Waals surface area contributed by atoms with Crippen LogP contribution >= 0.6 is 0 Å². The molecule has 0 bridgehead atoms. The maximum atomic E-state index is 13.3. The SMILES string of the molecule is CCCCC(CC)(COC(=O)C1CC=CCC1C(=O)OCC(CC)(CCCC)CC(C)C)CC(C)C. The molecule has 1 rings (SSSR count). The van der Waals surface area contributed by atoms with E-state index >= 15 is 0 Å². The molecular weight excluding hydrogens is 448 g/mol. The summed E-state index contributed by atoms with van der Waals surface area (Å²) in [4.78, 5) is 26.6. The summed E-state index contributed by atoms with van der Waals surface area (Å²) < 4.78 is 12.0. The molecule has 210 valence electrons. The molecule has 0 aromatic carbocycles. The molecule has 0 aromatic rings. The zero-order valence-corrected chi connectivity index (χ0v) is 25.0. The Kier molecular flexibility index (Phi) is 15.0. The summed E-state index contributed by atoms with van der Waals surface area (Å²) in [5.74, 6) is -0.238. The van der Waals surface area contributed by atoms with Crippen molar-refractivity contribution in [2.75, 3.05) is 13.2 Å². The van der Waals surface area contributed by atoms with E-state index in [0.29, 0.717) is 37.9 Å². The molecule has 0 saturated carbocycles. The number of hydrogen-bond acceptors (Lipinski definition) is 4. The molecule has 0 aromatic heterocycles. The van der Waals surface area contributed by atoms with E-state index in [1.165, 1.54) is 0 Å². The van der Waals surface area contributed by atoms with Crippen molar-refractivity contribution in [3.05, 3.63) is 12.2 Å². The van der Waals surface area contributed by atoms with Crippen LogP contribution in [0.3, 0.4) is 0 Å². The van der Waals surface area contributed by atoms with Gasteiger partial charge in [-0.25, -0.2) is 0 Å². The molecule has 1 aliphatic rings. The summed E-state index contributed by atoms with van der Waals surface area (Å²) in [6, 6.07) is 0. The molecular formula is C32H58O4. The van der Waals surface area contributed by atoms with Crippen molar-refractivity contribution < 1.29 is 19.1 Å². The Morgan fingerprint density at radius 2 is 1.08 bits per heavy atom. The lowest BCUT2D eigenvalue weighted by Gasteiger charge is -2.36. The largest absolute Gasteiger partial charge is 0.465 e. The smallest absolute Gasteiger partial charge is 0.310 e. The second-order valence-corrected chi connectivity index (χ2v) is 12.5. The predicted molar refractivity (Wildman–Crippen MR) is 151 cm³/mol. The average molecular weight is 507 g/mol. The lowest BCUT2D eigenvalue weighted by atomic mass is 9.74. The summed E-state index contributed by atoms with van der Waals surface area (Å²) in [5, 5.41) is 0. The van der Waals surface area contributed by atoms with Gasteiger partial charge >= 0.3 is 11.9 Å². The minimum Gasteiger partial charge on any atom is -0.465 e. The highest BCUT2D eigenvalue weighted by Gasteiger charge is 2.39. The normalized spacial score (nSPS) is 21.3. The van der Waals surface area contributed by atoms with Crippen molar-refractivity contribution in [2.45, 2.75) is 132 Å². The molecule has 0 aliphatic heterocycles. The molecule has 0 N–H and O–H groups in total. The molecule has 0 heterocycles. The van der Waals surface area contributed by atoms with Crippen molar-refractivity contribution in [2.24, 2.45) is 34.5 Å². The minimum absolute atomic E-state index is 0.0250. The van der Waals surface area contributed by atoms with E-state index in [0.717, 1.165) is 64.2 Å².